The maximum atomic E-state index is 12.9. The number of anilines is 2. The predicted octanol–water partition coefficient (Wildman–Crippen LogP) is 2.82. The highest BCUT2D eigenvalue weighted by atomic mass is 32.2. The summed E-state index contributed by atoms with van der Waals surface area (Å²) in [6, 6.07) is 12.1. The van der Waals surface area contributed by atoms with E-state index in [0.29, 0.717) is 22.3 Å². The molecule has 2 aromatic carbocycles. The Hall–Kier alpha value is -2.93. The molecule has 1 heterocycles. The monoisotopic (exact) mass is 369 g/mol. The largest absolute Gasteiger partial charge is 0.506 e. The first kappa shape index (κ1) is 17.9. The van der Waals surface area contributed by atoms with Crippen molar-refractivity contribution in [3.05, 3.63) is 58.4 Å². The van der Waals surface area contributed by atoms with Gasteiger partial charge in [-0.2, -0.15) is 0 Å². The van der Waals surface area contributed by atoms with Crippen molar-refractivity contribution in [2.45, 2.75) is 4.90 Å². The summed E-state index contributed by atoms with van der Waals surface area (Å²) < 4.78 is 1.38. The summed E-state index contributed by atoms with van der Waals surface area (Å²) in [6.07, 6.45) is 1.92. The van der Waals surface area contributed by atoms with Crippen molar-refractivity contribution in [1.29, 1.82) is 0 Å². The highest BCUT2D eigenvalue weighted by Crippen LogP contribution is 2.30. The predicted molar refractivity (Wildman–Crippen MR) is 106 cm³/mol. The second-order valence-corrected chi connectivity index (χ2v) is 6.81. The number of hydrogen-bond acceptors (Lipinski definition) is 5. The fourth-order valence-electron chi connectivity index (χ4n) is 2.81. The first-order valence-corrected chi connectivity index (χ1v) is 9.11. The van der Waals surface area contributed by atoms with Gasteiger partial charge in [0.15, 0.2) is 0 Å². The van der Waals surface area contributed by atoms with E-state index < -0.39 is 11.5 Å². The van der Waals surface area contributed by atoms with Crippen LogP contribution in [0.25, 0.3) is 10.9 Å². The zero-order chi connectivity index (χ0) is 19.0. The van der Waals surface area contributed by atoms with Gasteiger partial charge in [0.25, 0.3) is 11.5 Å². The molecule has 6 nitrogen and oxygen atoms in total. The Morgan fingerprint density at radius 1 is 1.19 bits per heavy atom. The SMILES string of the molecule is CSc1ccc2c(c1)c(O)c(C(=O)N(C)c1ccc(N)cc1)c(=O)n2C. The quantitative estimate of drug-likeness (QED) is 0.547. The molecule has 0 aliphatic carbocycles. The number of aryl methyl sites for hydroxylation is 1. The summed E-state index contributed by atoms with van der Waals surface area (Å²) in [6.45, 7) is 0. The number of hydrogen-bond donors (Lipinski definition) is 2. The Balaban J connectivity index is 2.18. The van der Waals surface area contributed by atoms with Gasteiger partial charge in [-0.25, -0.2) is 0 Å². The standard InChI is InChI=1S/C19H19N3O3S/c1-21(12-6-4-11(20)5-7-12)18(24)16-17(23)14-10-13(26-3)8-9-15(14)22(2)19(16)25/h4-10,23H,20H2,1-3H3. The number of rotatable bonds is 3. The zero-order valence-electron chi connectivity index (χ0n) is 14.7. The van der Waals surface area contributed by atoms with E-state index in [0.717, 1.165) is 4.90 Å². The van der Waals surface area contributed by atoms with Crippen LogP contribution in [0.15, 0.2) is 52.2 Å². The molecule has 0 saturated heterocycles. The van der Waals surface area contributed by atoms with Gasteiger partial charge in [-0.05, 0) is 48.7 Å². The van der Waals surface area contributed by atoms with Crippen LogP contribution in [-0.2, 0) is 7.05 Å². The molecule has 26 heavy (non-hydrogen) atoms. The molecule has 7 heteroatoms. The van der Waals surface area contributed by atoms with Crippen LogP contribution in [0, 0.1) is 0 Å². The van der Waals surface area contributed by atoms with Crippen LogP contribution < -0.4 is 16.2 Å². The summed E-state index contributed by atoms with van der Waals surface area (Å²) in [5.41, 5.74) is 6.59. The number of nitrogens with zero attached hydrogens (tertiary/aromatic N) is 2. The molecule has 0 spiro atoms. The van der Waals surface area contributed by atoms with Crippen LogP contribution in [0.1, 0.15) is 10.4 Å². The Labute approximate surface area is 154 Å². The number of nitrogens with two attached hydrogens (primary N) is 1. The van der Waals surface area contributed by atoms with Crippen molar-refractivity contribution in [3.8, 4) is 5.75 Å². The van der Waals surface area contributed by atoms with Gasteiger partial charge in [0, 0.05) is 35.8 Å². The Kier molecular flexibility index (Phi) is 4.65. The van der Waals surface area contributed by atoms with Gasteiger partial charge >= 0.3 is 0 Å². The normalized spacial score (nSPS) is 10.9. The van der Waals surface area contributed by atoms with Crippen LogP contribution in [0.3, 0.4) is 0 Å². The minimum absolute atomic E-state index is 0.252. The molecule has 0 bridgehead atoms. The molecule has 0 aliphatic heterocycles. The highest BCUT2D eigenvalue weighted by molar-refractivity contribution is 7.98. The summed E-state index contributed by atoms with van der Waals surface area (Å²) in [7, 11) is 3.14. The third kappa shape index (κ3) is 2.90. The molecular formula is C19H19N3O3S. The second kappa shape index (κ2) is 6.76. The maximum Gasteiger partial charge on any atom is 0.267 e. The first-order valence-electron chi connectivity index (χ1n) is 7.88. The van der Waals surface area contributed by atoms with Crippen LogP contribution in [-0.4, -0.2) is 28.9 Å². The molecule has 0 unspecified atom stereocenters. The van der Waals surface area contributed by atoms with Crippen molar-refractivity contribution < 1.29 is 9.90 Å². The lowest BCUT2D eigenvalue weighted by Gasteiger charge is -2.19. The molecule has 0 aliphatic rings. The van der Waals surface area contributed by atoms with E-state index in [-0.39, 0.29) is 11.3 Å². The van der Waals surface area contributed by atoms with Crippen molar-refractivity contribution in [3.63, 3.8) is 0 Å². The lowest BCUT2D eigenvalue weighted by molar-refractivity contribution is 0.0988. The number of aromatic nitrogens is 1. The van der Waals surface area contributed by atoms with Gasteiger partial charge in [0.1, 0.15) is 11.3 Å². The number of thioether (sulfide) groups is 1. The number of pyridine rings is 1. The molecule has 0 radical (unpaired) electrons. The number of carbonyl (C=O) groups excluding carboxylic acids is 1. The Morgan fingerprint density at radius 2 is 1.85 bits per heavy atom. The van der Waals surface area contributed by atoms with Gasteiger partial charge in [-0.15, -0.1) is 11.8 Å². The van der Waals surface area contributed by atoms with Gasteiger partial charge in [0.05, 0.1) is 5.52 Å². The van der Waals surface area contributed by atoms with E-state index in [1.807, 2.05) is 12.3 Å². The third-order valence-corrected chi connectivity index (χ3v) is 5.10. The number of benzene rings is 2. The number of nitrogen functional groups attached to an aromatic ring is 1. The molecule has 0 saturated carbocycles. The van der Waals surface area contributed by atoms with Gasteiger partial charge in [0.2, 0.25) is 0 Å². The van der Waals surface area contributed by atoms with Crippen LogP contribution >= 0.6 is 11.8 Å². The maximum absolute atomic E-state index is 12.9. The summed E-state index contributed by atoms with van der Waals surface area (Å²) in [5, 5.41) is 11.2. The van der Waals surface area contributed by atoms with Crippen LogP contribution in [0.5, 0.6) is 5.75 Å². The lowest BCUT2D eigenvalue weighted by Crippen LogP contribution is -2.34. The van der Waals surface area contributed by atoms with Crippen LogP contribution in [0.4, 0.5) is 11.4 Å². The smallest absolute Gasteiger partial charge is 0.267 e. The molecule has 0 atom stereocenters. The van der Waals surface area contributed by atoms with E-state index in [9.17, 15) is 14.7 Å². The lowest BCUT2D eigenvalue weighted by atomic mass is 10.1. The average Bonchev–Trinajstić information content (AvgIpc) is 2.65. The molecule has 0 fully saturated rings. The molecule has 3 aromatic rings. The van der Waals surface area contributed by atoms with Crippen LogP contribution in [0.2, 0.25) is 0 Å². The van der Waals surface area contributed by atoms with E-state index in [2.05, 4.69) is 0 Å². The zero-order valence-corrected chi connectivity index (χ0v) is 15.5. The fourth-order valence-corrected chi connectivity index (χ4v) is 3.25. The first-order chi connectivity index (χ1) is 12.3. The van der Waals surface area contributed by atoms with Crippen molar-refractivity contribution in [2.75, 3.05) is 23.9 Å². The number of amides is 1. The molecule has 1 aromatic heterocycles. The van der Waals surface area contributed by atoms with Crippen molar-refractivity contribution in [1.82, 2.24) is 4.57 Å². The number of fused-ring (bicyclic) bond motifs is 1. The molecule has 1 amide bonds. The van der Waals surface area contributed by atoms with Crippen molar-refractivity contribution >= 4 is 39.9 Å². The van der Waals surface area contributed by atoms with E-state index in [1.165, 1.54) is 21.2 Å². The fraction of sp³-hybridized carbons (Fsp3) is 0.158. The molecule has 3 rings (SSSR count). The minimum atomic E-state index is -0.579. The third-order valence-electron chi connectivity index (χ3n) is 4.37. The van der Waals surface area contributed by atoms with E-state index >= 15 is 0 Å². The topological polar surface area (TPSA) is 88.6 Å². The van der Waals surface area contributed by atoms with Gasteiger partial charge in [-0.1, -0.05) is 0 Å². The van der Waals surface area contributed by atoms with E-state index in [1.54, 1.807) is 50.5 Å². The summed E-state index contributed by atoms with van der Waals surface area (Å²) in [5.74, 6) is -0.879. The molecule has 3 N–H and O–H groups in total. The van der Waals surface area contributed by atoms with Gasteiger partial charge in [-0.3, -0.25) is 9.59 Å². The summed E-state index contributed by atoms with van der Waals surface area (Å²) in [4.78, 5) is 27.9. The second-order valence-electron chi connectivity index (χ2n) is 5.93. The highest BCUT2D eigenvalue weighted by Gasteiger charge is 2.24. The molecule has 134 valence electrons. The molecular weight excluding hydrogens is 350 g/mol. The van der Waals surface area contributed by atoms with E-state index in [4.69, 9.17) is 5.73 Å². The number of carbonyl (C=O) groups is 1. The average molecular weight is 369 g/mol. The minimum Gasteiger partial charge on any atom is -0.506 e. The number of aromatic hydroxyl groups is 1. The Morgan fingerprint density at radius 3 is 2.46 bits per heavy atom. The summed E-state index contributed by atoms with van der Waals surface area (Å²) >= 11 is 1.52. The van der Waals surface area contributed by atoms with Gasteiger partial charge < -0.3 is 20.3 Å². The Bertz CT molecular complexity index is 1060. The van der Waals surface area contributed by atoms with Crippen molar-refractivity contribution in [2.24, 2.45) is 7.05 Å².